The van der Waals surface area contributed by atoms with Crippen molar-refractivity contribution in [3.8, 4) is 0 Å². The molecule has 0 bridgehead atoms. The van der Waals surface area contributed by atoms with Gasteiger partial charge >= 0.3 is 0 Å². The van der Waals surface area contributed by atoms with Crippen LogP contribution in [0, 0.1) is 0 Å². The molecule has 0 aliphatic heterocycles. The van der Waals surface area contributed by atoms with Crippen LogP contribution in [-0.4, -0.2) is 32.7 Å². The Balaban J connectivity index is 1.87. The summed E-state index contributed by atoms with van der Waals surface area (Å²) in [7, 11) is 3.45. The molecule has 0 atom stereocenters. The number of nitrogens with one attached hydrogen (secondary N) is 2. The van der Waals surface area contributed by atoms with Crippen LogP contribution in [0.1, 0.15) is 10.5 Å². The number of carbonyl (C=O) groups excluding carboxylic acids is 2. The van der Waals surface area contributed by atoms with Gasteiger partial charge in [0, 0.05) is 32.6 Å². The number of halogens is 1. The van der Waals surface area contributed by atoms with Gasteiger partial charge in [-0.2, -0.15) is 5.10 Å². The lowest BCUT2D eigenvalue weighted by Gasteiger charge is -2.05. The molecule has 0 saturated heterocycles. The molecule has 2 rings (SSSR count). The van der Waals surface area contributed by atoms with Gasteiger partial charge < -0.3 is 15.2 Å². The van der Waals surface area contributed by atoms with Crippen LogP contribution in [0.15, 0.2) is 24.5 Å². The lowest BCUT2D eigenvalue weighted by molar-refractivity contribution is -0.115. The smallest absolute Gasteiger partial charge is 0.268 e. The molecule has 2 aromatic heterocycles. The summed E-state index contributed by atoms with van der Waals surface area (Å²) >= 11 is 5.79. The van der Waals surface area contributed by atoms with Crippen molar-refractivity contribution in [3.63, 3.8) is 0 Å². The molecule has 0 saturated carbocycles. The molecule has 8 heteroatoms. The summed E-state index contributed by atoms with van der Waals surface area (Å²) in [6.45, 7) is -0.141. The van der Waals surface area contributed by atoms with Gasteiger partial charge in [-0.1, -0.05) is 11.6 Å². The van der Waals surface area contributed by atoms with Crippen molar-refractivity contribution in [2.75, 3.05) is 11.9 Å². The Kier molecular flexibility index (Phi) is 4.09. The van der Waals surface area contributed by atoms with E-state index in [1.54, 1.807) is 41.8 Å². The highest BCUT2D eigenvalue weighted by Crippen LogP contribution is 2.12. The number of hydrogen-bond donors (Lipinski definition) is 2. The third kappa shape index (κ3) is 3.39. The van der Waals surface area contributed by atoms with Crippen LogP contribution >= 0.6 is 11.6 Å². The van der Waals surface area contributed by atoms with Crippen molar-refractivity contribution in [2.45, 2.75) is 0 Å². The first-order chi connectivity index (χ1) is 9.45. The van der Waals surface area contributed by atoms with E-state index >= 15 is 0 Å². The molecule has 0 aromatic carbocycles. The fourth-order valence-electron chi connectivity index (χ4n) is 1.67. The second-order valence-corrected chi connectivity index (χ2v) is 4.70. The first-order valence-electron chi connectivity index (χ1n) is 5.85. The predicted molar refractivity (Wildman–Crippen MR) is 74.6 cm³/mol. The number of aryl methyl sites for hydroxylation is 2. The molecular formula is C12H14ClN5O2. The Morgan fingerprint density at radius 3 is 2.70 bits per heavy atom. The number of hydrogen-bond acceptors (Lipinski definition) is 3. The van der Waals surface area contributed by atoms with E-state index in [1.807, 2.05) is 0 Å². The van der Waals surface area contributed by atoms with Gasteiger partial charge in [-0.05, 0) is 6.07 Å². The van der Waals surface area contributed by atoms with E-state index < -0.39 is 0 Å². The SMILES string of the molecule is Cn1ccc(NC(=O)CNC(=O)c2cc(Cl)cn2C)n1. The Morgan fingerprint density at radius 1 is 1.40 bits per heavy atom. The Morgan fingerprint density at radius 2 is 2.15 bits per heavy atom. The maximum absolute atomic E-state index is 11.8. The molecule has 20 heavy (non-hydrogen) atoms. The van der Waals surface area contributed by atoms with E-state index in [0.29, 0.717) is 16.5 Å². The normalized spacial score (nSPS) is 10.3. The zero-order valence-electron chi connectivity index (χ0n) is 11.1. The first-order valence-corrected chi connectivity index (χ1v) is 6.23. The van der Waals surface area contributed by atoms with Crippen LogP contribution in [0.4, 0.5) is 5.82 Å². The number of amides is 2. The first kappa shape index (κ1) is 14.1. The molecule has 0 aliphatic rings. The number of nitrogens with zero attached hydrogens (tertiary/aromatic N) is 3. The molecule has 0 radical (unpaired) electrons. The second-order valence-electron chi connectivity index (χ2n) is 4.26. The maximum Gasteiger partial charge on any atom is 0.268 e. The third-order valence-corrected chi connectivity index (χ3v) is 2.80. The molecule has 2 N–H and O–H groups in total. The Labute approximate surface area is 120 Å². The molecule has 2 amide bonds. The average molecular weight is 296 g/mol. The summed E-state index contributed by atoms with van der Waals surface area (Å²) in [5.41, 5.74) is 0.389. The van der Waals surface area contributed by atoms with E-state index in [9.17, 15) is 9.59 Å². The van der Waals surface area contributed by atoms with Crippen LogP contribution in [0.2, 0.25) is 5.02 Å². The van der Waals surface area contributed by atoms with Crippen molar-refractivity contribution in [1.82, 2.24) is 19.7 Å². The van der Waals surface area contributed by atoms with Crippen LogP contribution < -0.4 is 10.6 Å². The van der Waals surface area contributed by atoms with Crippen LogP contribution in [-0.2, 0) is 18.9 Å². The van der Waals surface area contributed by atoms with Crippen molar-refractivity contribution in [3.05, 3.63) is 35.2 Å². The molecule has 0 unspecified atom stereocenters. The summed E-state index contributed by atoms with van der Waals surface area (Å²) in [5.74, 6) is -0.276. The van der Waals surface area contributed by atoms with Crippen LogP contribution in [0.25, 0.3) is 0 Å². The topological polar surface area (TPSA) is 81.0 Å². The van der Waals surface area contributed by atoms with Gasteiger partial charge in [-0.15, -0.1) is 0 Å². The monoisotopic (exact) mass is 295 g/mol. The summed E-state index contributed by atoms with van der Waals surface area (Å²) in [4.78, 5) is 23.5. The van der Waals surface area contributed by atoms with Gasteiger partial charge in [-0.3, -0.25) is 14.3 Å². The van der Waals surface area contributed by atoms with Gasteiger partial charge in [0.25, 0.3) is 5.91 Å². The number of anilines is 1. The number of rotatable bonds is 4. The Hall–Kier alpha value is -2.28. The van der Waals surface area contributed by atoms with Gasteiger partial charge in [0.2, 0.25) is 5.91 Å². The molecule has 0 aliphatic carbocycles. The second kappa shape index (κ2) is 5.79. The summed E-state index contributed by atoms with van der Waals surface area (Å²) in [6.07, 6.45) is 3.32. The predicted octanol–water partition coefficient (Wildman–Crippen LogP) is 0.780. The van der Waals surface area contributed by atoms with E-state index in [4.69, 9.17) is 11.6 Å². The minimum atomic E-state index is -0.365. The average Bonchev–Trinajstić information content (AvgIpc) is 2.92. The summed E-state index contributed by atoms with van der Waals surface area (Å²) < 4.78 is 3.16. The number of carbonyl (C=O) groups is 2. The van der Waals surface area contributed by atoms with E-state index in [-0.39, 0.29) is 18.4 Å². The van der Waals surface area contributed by atoms with Gasteiger partial charge in [0.15, 0.2) is 5.82 Å². The van der Waals surface area contributed by atoms with Crippen molar-refractivity contribution < 1.29 is 9.59 Å². The molecule has 2 aromatic rings. The summed E-state index contributed by atoms with van der Waals surface area (Å²) in [6, 6.07) is 3.20. The van der Waals surface area contributed by atoms with Crippen LogP contribution in [0.5, 0.6) is 0 Å². The van der Waals surface area contributed by atoms with E-state index in [2.05, 4.69) is 15.7 Å². The lowest BCUT2D eigenvalue weighted by Crippen LogP contribution is -2.33. The van der Waals surface area contributed by atoms with Gasteiger partial charge in [-0.25, -0.2) is 0 Å². The van der Waals surface area contributed by atoms with E-state index in [0.717, 1.165) is 0 Å². The highest BCUT2D eigenvalue weighted by molar-refractivity contribution is 6.31. The van der Waals surface area contributed by atoms with Gasteiger partial charge in [0.05, 0.1) is 11.6 Å². The standard InChI is InChI=1S/C12H14ClN5O2/c1-17-7-8(13)5-9(17)12(20)14-6-11(19)15-10-3-4-18(2)16-10/h3-5,7H,6H2,1-2H3,(H,14,20)(H,15,16,19). The van der Waals surface area contributed by atoms with Crippen molar-refractivity contribution in [2.24, 2.45) is 14.1 Å². The molecule has 2 heterocycles. The molecule has 0 spiro atoms. The zero-order chi connectivity index (χ0) is 14.7. The zero-order valence-corrected chi connectivity index (χ0v) is 11.8. The fourth-order valence-corrected chi connectivity index (χ4v) is 1.92. The Bertz CT molecular complexity index is 646. The lowest BCUT2D eigenvalue weighted by atomic mass is 10.4. The maximum atomic E-state index is 11.8. The quantitative estimate of drug-likeness (QED) is 0.874. The van der Waals surface area contributed by atoms with Crippen LogP contribution in [0.3, 0.4) is 0 Å². The third-order valence-electron chi connectivity index (χ3n) is 2.59. The summed E-state index contributed by atoms with van der Waals surface area (Å²) in [5, 5.41) is 9.56. The molecule has 106 valence electrons. The highest BCUT2D eigenvalue weighted by Gasteiger charge is 2.12. The minimum absolute atomic E-state index is 0.141. The molecule has 7 nitrogen and oxygen atoms in total. The van der Waals surface area contributed by atoms with E-state index in [1.165, 1.54) is 6.07 Å². The van der Waals surface area contributed by atoms with Crippen molar-refractivity contribution in [1.29, 1.82) is 0 Å². The van der Waals surface area contributed by atoms with Gasteiger partial charge in [0.1, 0.15) is 5.69 Å². The fraction of sp³-hybridized carbons (Fsp3) is 0.250. The largest absolute Gasteiger partial charge is 0.345 e. The van der Waals surface area contributed by atoms with Crippen molar-refractivity contribution >= 4 is 29.2 Å². The highest BCUT2D eigenvalue weighted by atomic mass is 35.5. The molecule has 0 fully saturated rings. The molecular weight excluding hydrogens is 282 g/mol. The number of aromatic nitrogens is 3. The minimum Gasteiger partial charge on any atom is -0.345 e.